The zero-order valence-electron chi connectivity index (χ0n) is 13.9. The van der Waals surface area contributed by atoms with Gasteiger partial charge in [0.2, 0.25) is 11.8 Å². The maximum absolute atomic E-state index is 11.9. The van der Waals surface area contributed by atoms with Gasteiger partial charge < -0.3 is 15.0 Å². The fourth-order valence-electron chi connectivity index (χ4n) is 2.16. The van der Waals surface area contributed by atoms with Crippen molar-refractivity contribution in [2.45, 2.75) is 46.2 Å². The smallest absolute Gasteiger partial charge is 0.222 e. The fourth-order valence-corrected chi connectivity index (χ4v) is 2.16. The van der Waals surface area contributed by atoms with Crippen LogP contribution in [0.15, 0.2) is 24.3 Å². The summed E-state index contributed by atoms with van der Waals surface area (Å²) in [4.78, 5) is 25.2. The van der Waals surface area contributed by atoms with E-state index in [0.717, 1.165) is 17.7 Å². The Morgan fingerprint density at radius 2 is 1.91 bits per heavy atom. The largest absolute Gasteiger partial charge is 0.497 e. The molecule has 0 saturated carbocycles. The number of benzene rings is 1. The Bertz CT molecular complexity index is 485. The quantitative estimate of drug-likeness (QED) is 0.802. The molecule has 0 bridgehead atoms. The van der Waals surface area contributed by atoms with E-state index in [1.54, 1.807) is 18.9 Å². The van der Waals surface area contributed by atoms with Crippen LogP contribution in [0.4, 0.5) is 0 Å². The van der Waals surface area contributed by atoms with Crippen LogP contribution < -0.4 is 10.1 Å². The summed E-state index contributed by atoms with van der Waals surface area (Å²) in [6, 6.07) is 7.72. The van der Waals surface area contributed by atoms with Crippen LogP contribution in [-0.2, 0) is 16.1 Å². The van der Waals surface area contributed by atoms with Gasteiger partial charge in [-0.2, -0.15) is 0 Å². The van der Waals surface area contributed by atoms with Gasteiger partial charge >= 0.3 is 0 Å². The molecule has 1 aromatic carbocycles. The van der Waals surface area contributed by atoms with Gasteiger partial charge in [0.1, 0.15) is 5.75 Å². The molecule has 0 aliphatic heterocycles. The maximum Gasteiger partial charge on any atom is 0.222 e. The molecule has 0 heterocycles. The summed E-state index contributed by atoms with van der Waals surface area (Å²) >= 11 is 0. The molecule has 0 radical (unpaired) electrons. The Morgan fingerprint density at radius 3 is 2.41 bits per heavy atom. The molecule has 22 heavy (non-hydrogen) atoms. The van der Waals surface area contributed by atoms with Crippen molar-refractivity contribution >= 4 is 11.8 Å². The minimum atomic E-state index is -0.0506. The van der Waals surface area contributed by atoms with Crippen LogP contribution in [0.1, 0.15) is 39.2 Å². The van der Waals surface area contributed by atoms with Crippen LogP contribution in [-0.4, -0.2) is 36.4 Å². The van der Waals surface area contributed by atoms with Crippen molar-refractivity contribution in [1.82, 2.24) is 10.2 Å². The molecule has 2 amide bonds. The molecule has 0 aliphatic rings. The second-order valence-corrected chi connectivity index (χ2v) is 5.34. The summed E-state index contributed by atoms with van der Waals surface area (Å²) in [5.41, 5.74) is 1.01. The number of hydrogen-bond donors (Lipinski definition) is 1. The number of carbonyl (C=O) groups is 2. The average Bonchev–Trinajstić information content (AvgIpc) is 2.52. The molecule has 0 aliphatic carbocycles. The van der Waals surface area contributed by atoms with E-state index in [1.807, 2.05) is 38.1 Å². The van der Waals surface area contributed by atoms with Crippen molar-refractivity contribution < 1.29 is 14.3 Å². The zero-order chi connectivity index (χ0) is 16.5. The number of nitrogens with one attached hydrogen (secondary N) is 1. The second-order valence-electron chi connectivity index (χ2n) is 5.34. The fraction of sp³-hybridized carbons (Fsp3) is 0.529. The molecule has 122 valence electrons. The van der Waals surface area contributed by atoms with Crippen molar-refractivity contribution in [1.29, 1.82) is 0 Å². The van der Waals surface area contributed by atoms with Gasteiger partial charge in [0.05, 0.1) is 7.11 Å². The predicted octanol–water partition coefficient (Wildman–Crippen LogP) is 2.35. The number of carbonyl (C=O) groups excluding carboxylic acids is 2. The van der Waals surface area contributed by atoms with Gasteiger partial charge in [0.25, 0.3) is 0 Å². The summed E-state index contributed by atoms with van der Waals surface area (Å²) in [6.45, 7) is 6.51. The first-order valence-corrected chi connectivity index (χ1v) is 7.64. The number of rotatable bonds is 8. The van der Waals surface area contributed by atoms with E-state index >= 15 is 0 Å². The van der Waals surface area contributed by atoms with Crippen LogP contribution in [0, 0.1) is 0 Å². The highest BCUT2D eigenvalue weighted by Gasteiger charge is 2.16. The molecule has 0 aromatic heterocycles. The number of amides is 2. The lowest BCUT2D eigenvalue weighted by molar-refractivity contribution is -0.131. The molecule has 0 fully saturated rings. The lowest BCUT2D eigenvalue weighted by atomic mass is 10.2. The molecule has 1 aromatic rings. The van der Waals surface area contributed by atoms with E-state index in [2.05, 4.69) is 5.32 Å². The van der Waals surface area contributed by atoms with Crippen LogP contribution in [0.2, 0.25) is 0 Å². The van der Waals surface area contributed by atoms with E-state index in [4.69, 9.17) is 4.74 Å². The van der Waals surface area contributed by atoms with E-state index in [0.29, 0.717) is 19.5 Å². The Balaban J connectivity index is 2.40. The molecular formula is C17H26N2O3. The lowest BCUT2D eigenvalue weighted by Gasteiger charge is -2.27. The van der Waals surface area contributed by atoms with Crippen molar-refractivity contribution in [3.05, 3.63) is 29.8 Å². The highest BCUT2D eigenvalue weighted by Crippen LogP contribution is 2.11. The van der Waals surface area contributed by atoms with E-state index in [1.165, 1.54) is 0 Å². The van der Waals surface area contributed by atoms with E-state index in [-0.39, 0.29) is 17.9 Å². The molecule has 0 spiro atoms. The Morgan fingerprint density at radius 1 is 1.27 bits per heavy atom. The molecule has 1 atom stereocenters. The summed E-state index contributed by atoms with van der Waals surface area (Å²) in [6.07, 6.45) is 1.20. The molecule has 5 nitrogen and oxygen atoms in total. The second kappa shape index (κ2) is 9.07. The highest BCUT2D eigenvalue weighted by atomic mass is 16.5. The third kappa shape index (κ3) is 5.76. The third-order valence-corrected chi connectivity index (χ3v) is 3.76. The first-order chi connectivity index (χ1) is 10.5. The van der Waals surface area contributed by atoms with Crippen molar-refractivity contribution in [2.75, 3.05) is 13.7 Å². The Kier molecular flexibility index (Phi) is 7.43. The average molecular weight is 306 g/mol. The monoisotopic (exact) mass is 306 g/mol. The third-order valence-electron chi connectivity index (χ3n) is 3.76. The first-order valence-electron chi connectivity index (χ1n) is 7.64. The molecular weight excluding hydrogens is 280 g/mol. The molecule has 1 rings (SSSR count). The lowest BCUT2D eigenvalue weighted by Crippen LogP contribution is -2.39. The van der Waals surface area contributed by atoms with Crippen molar-refractivity contribution in [2.24, 2.45) is 0 Å². The zero-order valence-corrected chi connectivity index (χ0v) is 13.9. The molecule has 1 N–H and O–H groups in total. The van der Waals surface area contributed by atoms with Gasteiger partial charge in [-0.25, -0.2) is 0 Å². The van der Waals surface area contributed by atoms with Crippen LogP contribution >= 0.6 is 0 Å². The van der Waals surface area contributed by atoms with Gasteiger partial charge in [-0.1, -0.05) is 19.1 Å². The normalized spacial score (nSPS) is 11.6. The number of ether oxygens (including phenoxy) is 1. The topological polar surface area (TPSA) is 58.6 Å². The number of hydrogen-bond acceptors (Lipinski definition) is 3. The maximum atomic E-state index is 11.9. The van der Waals surface area contributed by atoms with Gasteiger partial charge in [-0.05, 0) is 31.0 Å². The number of methoxy groups -OCH3 is 1. The van der Waals surface area contributed by atoms with E-state index < -0.39 is 0 Å². The first kappa shape index (κ1) is 18.0. The van der Waals surface area contributed by atoms with Gasteiger partial charge in [-0.3, -0.25) is 9.59 Å². The van der Waals surface area contributed by atoms with Gasteiger partial charge in [0.15, 0.2) is 0 Å². The number of nitrogens with zero attached hydrogens (tertiary/aromatic N) is 1. The summed E-state index contributed by atoms with van der Waals surface area (Å²) < 4.78 is 5.09. The van der Waals surface area contributed by atoms with Crippen molar-refractivity contribution in [3.8, 4) is 5.75 Å². The van der Waals surface area contributed by atoms with Crippen LogP contribution in [0.3, 0.4) is 0 Å². The summed E-state index contributed by atoms with van der Waals surface area (Å²) in [5.74, 6) is 0.753. The van der Waals surface area contributed by atoms with Crippen molar-refractivity contribution in [3.63, 3.8) is 0 Å². The Hall–Kier alpha value is -2.04. The van der Waals surface area contributed by atoms with Crippen LogP contribution in [0.5, 0.6) is 5.75 Å². The van der Waals surface area contributed by atoms with Gasteiger partial charge in [0, 0.05) is 32.5 Å². The summed E-state index contributed by atoms with van der Waals surface area (Å²) in [7, 11) is 1.62. The highest BCUT2D eigenvalue weighted by molar-refractivity contribution is 5.78. The van der Waals surface area contributed by atoms with Gasteiger partial charge in [-0.15, -0.1) is 0 Å². The predicted molar refractivity (Wildman–Crippen MR) is 86.6 cm³/mol. The van der Waals surface area contributed by atoms with Crippen LogP contribution in [0.25, 0.3) is 0 Å². The minimum absolute atomic E-state index is 0.0114. The molecule has 5 heteroatoms. The summed E-state index contributed by atoms with van der Waals surface area (Å²) in [5, 5.41) is 2.87. The van der Waals surface area contributed by atoms with E-state index in [9.17, 15) is 9.59 Å². The molecule has 1 unspecified atom stereocenters. The molecule has 0 saturated heterocycles. The SMILES string of the molecule is CCC(C)N(CCC(=O)NCc1ccc(OC)cc1)C(C)=O. The standard InChI is InChI=1S/C17H26N2O3/c1-5-13(2)19(14(3)20)11-10-17(21)18-12-15-6-8-16(22-4)9-7-15/h6-9,13H,5,10-12H2,1-4H3,(H,18,21). The Labute approximate surface area is 132 Å². The minimum Gasteiger partial charge on any atom is -0.497 e.